The van der Waals surface area contributed by atoms with E-state index < -0.39 is 10.0 Å². The van der Waals surface area contributed by atoms with E-state index >= 15 is 0 Å². The van der Waals surface area contributed by atoms with Crippen LogP contribution in [0.15, 0.2) is 95.5 Å². The van der Waals surface area contributed by atoms with Gasteiger partial charge >= 0.3 is 0 Å². The first kappa shape index (κ1) is 25.9. The van der Waals surface area contributed by atoms with Gasteiger partial charge in [0.2, 0.25) is 16.0 Å². The first-order valence-corrected chi connectivity index (χ1v) is 15.0. The normalized spacial score (nSPS) is 14.3. The maximum absolute atomic E-state index is 13.3. The number of hydrogen-bond acceptors (Lipinski definition) is 8. The molecule has 0 atom stereocenters. The minimum absolute atomic E-state index is 0.285. The van der Waals surface area contributed by atoms with Crippen LogP contribution in [0.2, 0.25) is 0 Å². The number of fused-ring (bicyclic) bond motifs is 1. The van der Waals surface area contributed by atoms with Crippen LogP contribution in [0.1, 0.15) is 10.4 Å². The van der Waals surface area contributed by atoms with Crippen LogP contribution in [-0.2, 0) is 10.0 Å². The molecule has 1 fully saturated rings. The second kappa shape index (κ2) is 10.7. The van der Waals surface area contributed by atoms with E-state index in [0.29, 0.717) is 49.1 Å². The Hall–Kier alpha value is -4.32. The first-order chi connectivity index (χ1) is 19.4. The third-order valence-electron chi connectivity index (χ3n) is 6.89. The molecular formula is C29H26N6O3S2. The van der Waals surface area contributed by atoms with Crippen molar-refractivity contribution in [2.45, 2.75) is 4.90 Å². The summed E-state index contributed by atoms with van der Waals surface area (Å²) in [6, 6.07) is 22.4. The number of nitrogens with one attached hydrogen (secondary N) is 1. The summed E-state index contributed by atoms with van der Waals surface area (Å²) < 4.78 is 28.0. The van der Waals surface area contributed by atoms with Crippen molar-refractivity contribution in [1.82, 2.24) is 14.3 Å². The second-order valence-electron chi connectivity index (χ2n) is 9.41. The van der Waals surface area contributed by atoms with Crippen molar-refractivity contribution in [3.05, 3.63) is 96.1 Å². The Morgan fingerprint density at radius 1 is 0.875 bits per heavy atom. The summed E-state index contributed by atoms with van der Waals surface area (Å²) in [5, 5.41) is 6.70. The lowest BCUT2D eigenvalue weighted by Gasteiger charge is -2.34. The Morgan fingerprint density at radius 3 is 2.33 bits per heavy atom. The van der Waals surface area contributed by atoms with Gasteiger partial charge in [-0.15, -0.1) is 11.3 Å². The molecule has 6 rings (SSSR count). The number of anilines is 3. The van der Waals surface area contributed by atoms with Crippen LogP contribution >= 0.6 is 11.3 Å². The molecule has 1 aliphatic rings. The highest BCUT2D eigenvalue weighted by atomic mass is 32.2. The topological polar surface area (TPSA) is 122 Å². The Bertz CT molecular complexity index is 1780. The number of thiophene rings is 1. The fraction of sp³-hybridized carbons (Fsp3) is 0.138. The lowest BCUT2D eigenvalue weighted by atomic mass is 10.1. The Labute approximate surface area is 236 Å². The van der Waals surface area contributed by atoms with E-state index in [0.717, 1.165) is 21.2 Å². The quantitative estimate of drug-likeness (QED) is 0.284. The molecule has 3 N–H and O–H groups in total. The van der Waals surface area contributed by atoms with Crippen LogP contribution in [-0.4, -0.2) is 54.8 Å². The molecule has 2 aromatic heterocycles. The van der Waals surface area contributed by atoms with Gasteiger partial charge < -0.3 is 16.0 Å². The van der Waals surface area contributed by atoms with Gasteiger partial charge in [-0.3, -0.25) is 4.79 Å². The first-order valence-electron chi connectivity index (χ1n) is 12.7. The van der Waals surface area contributed by atoms with E-state index in [9.17, 15) is 13.2 Å². The molecule has 3 heterocycles. The molecule has 9 nitrogen and oxygen atoms in total. The summed E-state index contributed by atoms with van der Waals surface area (Å²) >= 11 is 1.62. The highest BCUT2D eigenvalue weighted by molar-refractivity contribution is 7.89. The molecule has 1 amide bonds. The second-order valence-corrected chi connectivity index (χ2v) is 12.3. The average molecular weight is 571 g/mol. The summed E-state index contributed by atoms with van der Waals surface area (Å²) in [7, 11) is -3.62. The van der Waals surface area contributed by atoms with Gasteiger partial charge in [0.25, 0.3) is 5.91 Å². The highest BCUT2D eigenvalue weighted by Crippen LogP contribution is 2.30. The minimum Gasteiger partial charge on any atom is -0.397 e. The van der Waals surface area contributed by atoms with Crippen LogP contribution in [0.25, 0.3) is 21.2 Å². The molecule has 3 aromatic carbocycles. The van der Waals surface area contributed by atoms with Crippen molar-refractivity contribution in [3.8, 4) is 10.4 Å². The number of piperazine rings is 1. The third kappa shape index (κ3) is 5.14. The third-order valence-corrected chi connectivity index (χ3v) is 9.70. The molecule has 0 aliphatic carbocycles. The van der Waals surface area contributed by atoms with Crippen molar-refractivity contribution in [1.29, 1.82) is 0 Å². The molecule has 1 saturated heterocycles. The SMILES string of the molecule is Nc1cc(-c2cccs2)ccc1NC(=O)c1cnc(N2CCN(S(=O)(=O)c3ccc4ccccc4c3)CC2)nc1. The summed E-state index contributed by atoms with van der Waals surface area (Å²) in [6.45, 7) is 1.49. The Balaban J connectivity index is 1.08. The molecular weight excluding hydrogens is 544 g/mol. The molecule has 202 valence electrons. The average Bonchev–Trinajstić information content (AvgIpc) is 3.53. The van der Waals surface area contributed by atoms with Crippen molar-refractivity contribution >= 4 is 55.4 Å². The fourth-order valence-electron chi connectivity index (χ4n) is 4.67. The number of hydrogen-bond donors (Lipinski definition) is 2. The van der Waals surface area contributed by atoms with Gasteiger partial charge in [-0.25, -0.2) is 18.4 Å². The smallest absolute Gasteiger partial charge is 0.258 e. The van der Waals surface area contributed by atoms with Crippen LogP contribution < -0.4 is 16.0 Å². The van der Waals surface area contributed by atoms with Gasteiger partial charge in [-0.05, 0) is 52.0 Å². The number of amides is 1. The maximum atomic E-state index is 13.3. The summed E-state index contributed by atoms with van der Waals surface area (Å²) in [6.07, 6.45) is 2.93. The summed E-state index contributed by atoms with van der Waals surface area (Å²) in [5.41, 5.74) is 8.45. The van der Waals surface area contributed by atoms with Crippen molar-refractivity contribution < 1.29 is 13.2 Å². The molecule has 1 aliphatic heterocycles. The van der Waals surface area contributed by atoms with Gasteiger partial charge in [0.15, 0.2) is 0 Å². The van der Waals surface area contributed by atoms with Crippen LogP contribution in [0, 0.1) is 0 Å². The standard InChI is InChI=1S/C29H26N6O3S2/c30-25-17-22(27-6-3-15-39-27)8-10-26(25)33-28(36)23-18-31-29(32-19-23)34-11-13-35(14-12-34)40(37,38)24-9-7-20-4-1-2-5-21(20)16-24/h1-10,15-19H,11-14,30H2,(H,33,36). The molecule has 0 saturated carbocycles. The number of nitrogen functional groups attached to an aromatic ring is 1. The molecule has 0 radical (unpaired) electrons. The van der Waals surface area contributed by atoms with Gasteiger partial charge in [0.1, 0.15) is 0 Å². The molecule has 0 spiro atoms. The number of carbonyl (C=O) groups excluding carboxylic acids is 1. The van der Waals surface area contributed by atoms with Crippen molar-refractivity contribution in [3.63, 3.8) is 0 Å². The number of rotatable bonds is 6. The summed E-state index contributed by atoms with van der Waals surface area (Å²) in [5.74, 6) is 0.0764. The molecule has 11 heteroatoms. The van der Waals surface area contributed by atoms with E-state index in [4.69, 9.17) is 5.73 Å². The Kier molecular flexibility index (Phi) is 6.93. The molecule has 0 bridgehead atoms. The number of nitrogens with zero attached hydrogens (tertiary/aromatic N) is 4. The van der Waals surface area contributed by atoms with E-state index in [-0.39, 0.29) is 10.8 Å². The maximum Gasteiger partial charge on any atom is 0.258 e. The van der Waals surface area contributed by atoms with E-state index in [1.807, 2.05) is 64.9 Å². The van der Waals surface area contributed by atoms with Crippen molar-refractivity contribution in [2.24, 2.45) is 0 Å². The zero-order valence-electron chi connectivity index (χ0n) is 21.4. The van der Waals surface area contributed by atoms with Gasteiger partial charge in [0, 0.05) is 43.4 Å². The molecule has 0 unspecified atom stereocenters. The van der Waals surface area contributed by atoms with Crippen LogP contribution in [0.5, 0.6) is 0 Å². The molecule has 5 aromatic rings. The van der Waals surface area contributed by atoms with Crippen LogP contribution in [0.4, 0.5) is 17.3 Å². The zero-order valence-corrected chi connectivity index (χ0v) is 23.0. The van der Waals surface area contributed by atoms with Crippen LogP contribution in [0.3, 0.4) is 0 Å². The molecule has 40 heavy (non-hydrogen) atoms. The number of nitrogens with two attached hydrogens (primary N) is 1. The zero-order chi connectivity index (χ0) is 27.7. The number of carbonyl (C=O) groups is 1. The highest BCUT2D eigenvalue weighted by Gasteiger charge is 2.29. The predicted molar refractivity (Wildman–Crippen MR) is 159 cm³/mol. The van der Waals surface area contributed by atoms with Gasteiger partial charge in [0.05, 0.1) is 21.8 Å². The van der Waals surface area contributed by atoms with Gasteiger partial charge in [-0.1, -0.05) is 42.5 Å². The lowest BCUT2D eigenvalue weighted by Crippen LogP contribution is -2.49. The van der Waals surface area contributed by atoms with Gasteiger partial charge in [-0.2, -0.15) is 4.31 Å². The van der Waals surface area contributed by atoms with Crippen molar-refractivity contribution in [2.75, 3.05) is 42.1 Å². The lowest BCUT2D eigenvalue weighted by molar-refractivity contribution is 0.102. The minimum atomic E-state index is -3.62. The number of benzene rings is 3. The number of aromatic nitrogens is 2. The largest absolute Gasteiger partial charge is 0.397 e. The fourth-order valence-corrected chi connectivity index (χ4v) is 6.86. The van der Waals surface area contributed by atoms with E-state index in [1.165, 1.54) is 16.7 Å². The number of sulfonamides is 1. The Morgan fingerprint density at radius 2 is 1.62 bits per heavy atom. The summed E-state index contributed by atoms with van der Waals surface area (Å²) in [4.78, 5) is 24.8. The predicted octanol–water partition coefficient (Wildman–Crippen LogP) is 4.70. The monoisotopic (exact) mass is 570 g/mol. The van der Waals surface area contributed by atoms with E-state index in [2.05, 4.69) is 15.3 Å². The van der Waals surface area contributed by atoms with E-state index in [1.54, 1.807) is 29.5 Å².